The van der Waals surface area contributed by atoms with Crippen molar-refractivity contribution in [3.05, 3.63) is 89.8 Å². The summed E-state index contributed by atoms with van der Waals surface area (Å²) in [6.07, 6.45) is 3.17. The van der Waals surface area contributed by atoms with E-state index in [1.54, 1.807) is 31.7 Å². The SMILES string of the molecule is COc1cccc(NC(C(=O)c2c[nH]nc2-c2ccco2)c2ccc(C)cc2)c1. The summed E-state index contributed by atoms with van der Waals surface area (Å²) in [6.45, 7) is 2.02. The Morgan fingerprint density at radius 1 is 1.14 bits per heavy atom. The maximum Gasteiger partial charge on any atom is 0.193 e. The van der Waals surface area contributed by atoms with Crippen molar-refractivity contribution < 1.29 is 13.9 Å². The fourth-order valence-electron chi connectivity index (χ4n) is 3.17. The van der Waals surface area contributed by atoms with Crippen LogP contribution in [0.25, 0.3) is 11.5 Å². The number of Topliss-reactive ketones (excluding diaryl/α,β-unsaturated/α-hetero) is 1. The molecule has 0 radical (unpaired) electrons. The van der Waals surface area contributed by atoms with E-state index < -0.39 is 6.04 Å². The zero-order valence-electron chi connectivity index (χ0n) is 16.2. The number of rotatable bonds is 7. The summed E-state index contributed by atoms with van der Waals surface area (Å²) >= 11 is 0. The van der Waals surface area contributed by atoms with Gasteiger partial charge in [0.1, 0.15) is 17.5 Å². The van der Waals surface area contributed by atoms with Gasteiger partial charge in [-0.05, 0) is 36.8 Å². The molecule has 0 aliphatic rings. The highest BCUT2D eigenvalue weighted by Gasteiger charge is 2.27. The smallest absolute Gasteiger partial charge is 0.193 e. The van der Waals surface area contributed by atoms with Crippen LogP contribution in [0.15, 0.2) is 77.5 Å². The van der Waals surface area contributed by atoms with Crippen molar-refractivity contribution in [2.75, 3.05) is 12.4 Å². The lowest BCUT2D eigenvalue weighted by Crippen LogP contribution is -2.21. The van der Waals surface area contributed by atoms with Crippen molar-refractivity contribution in [3.8, 4) is 17.2 Å². The molecule has 0 fully saturated rings. The molecule has 2 N–H and O–H groups in total. The Kier molecular flexibility index (Phi) is 5.16. The number of furan rings is 1. The Bertz CT molecular complexity index is 1100. The van der Waals surface area contributed by atoms with Crippen LogP contribution in [-0.4, -0.2) is 23.1 Å². The molecule has 2 aromatic carbocycles. The van der Waals surface area contributed by atoms with Gasteiger partial charge in [-0.1, -0.05) is 35.9 Å². The molecule has 2 aromatic heterocycles. The lowest BCUT2D eigenvalue weighted by Gasteiger charge is -2.20. The highest BCUT2D eigenvalue weighted by molar-refractivity contribution is 6.06. The van der Waals surface area contributed by atoms with Crippen molar-refractivity contribution in [2.24, 2.45) is 0 Å². The van der Waals surface area contributed by atoms with Crippen molar-refractivity contribution in [1.29, 1.82) is 0 Å². The monoisotopic (exact) mass is 387 g/mol. The number of carbonyl (C=O) groups is 1. The minimum atomic E-state index is -0.603. The van der Waals surface area contributed by atoms with Crippen LogP contribution in [0.5, 0.6) is 5.75 Å². The van der Waals surface area contributed by atoms with Crippen LogP contribution in [0.2, 0.25) is 0 Å². The second kappa shape index (κ2) is 8.06. The first-order chi connectivity index (χ1) is 14.2. The van der Waals surface area contributed by atoms with Crippen LogP contribution < -0.4 is 10.1 Å². The molecule has 0 saturated heterocycles. The third kappa shape index (κ3) is 3.91. The topological polar surface area (TPSA) is 80.1 Å². The normalized spacial score (nSPS) is 11.8. The number of methoxy groups -OCH3 is 1. The summed E-state index contributed by atoms with van der Waals surface area (Å²) < 4.78 is 10.8. The van der Waals surface area contributed by atoms with Gasteiger partial charge in [-0.15, -0.1) is 0 Å². The van der Waals surface area contributed by atoms with Crippen LogP contribution in [0.1, 0.15) is 27.5 Å². The lowest BCUT2D eigenvalue weighted by atomic mass is 9.96. The maximum atomic E-state index is 13.6. The summed E-state index contributed by atoms with van der Waals surface area (Å²) in [7, 11) is 1.61. The predicted molar refractivity (Wildman–Crippen MR) is 111 cm³/mol. The molecule has 0 saturated carbocycles. The second-order valence-corrected chi connectivity index (χ2v) is 6.71. The molecule has 29 heavy (non-hydrogen) atoms. The molecule has 146 valence electrons. The standard InChI is InChI=1S/C23H21N3O3/c1-15-8-10-16(11-9-15)21(25-17-5-3-6-18(13-17)28-2)23(27)19-14-24-26-22(19)20-7-4-12-29-20/h3-14,21,25H,1-2H3,(H,24,26). The molecule has 0 aliphatic heterocycles. The van der Waals surface area contributed by atoms with Gasteiger partial charge in [0.05, 0.1) is 18.9 Å². The number of nitrogens with one attached hydrogen (secondary N) is 2. The Balaban J connectivity index is 1.73. The molecule has 4 rings (SSSR count). The fraction of sp³-hybridized carbons (Fsp3) is 0.130. The first-order valence-electron chi connectivity index (χ1n) is 9.24. The molecule has 6 heteroatoms. The Morgan fingerprint density at radius 3 is 2.69 bits per heavy atom. The molecular formula is C23H21N3O3. The van der Waals surface area contributed by atoms with Gasteiger partial charge >= 0.3 is 0 Å². The van der Waals surface area contributed by atoms with E-state index in [4.69, 9.17) is 9.15 Å². The molecule has 4 aromatic rings. The highest BCUT2D eigenvalue weighted by Crippen LogP contribution is 2.30. The molecule has 0 aliphatic carbocycles. The summed E-state index contributed by atoms with van der Waals surface area (Å²) in [5, 5.41) is 10.4. The number of aromatic amines is 1. The van der Waals surface area contributed by atoms with E-state index in [1.807, 2.05) is 55.5 Å². The van der Waals surface area contributed by atoms with E-state index in [2.05, 4.69) is 15.5 Å². The van der Waals surface area contributed by atoms with Crippen molar-refractivity contribution in [3.63, 3.8) is 0 Å². The number of aromatic nitrogens is 2. The van der Waals surface area contributed by atoms with Gasteiger partial charge in [0, 0.05) is 18.0 Å². The molecule has 2 heterocycles. The fourth-order valence-corrected chi connectivity index (χ4v) is 3.17. The van der Waals surface area contributed by atoms with Crippen molar-refractivity contribution in [2.45, 2.75) is 13.0 Å². The minimum absolute atomic E-state index is 0.114. The average molecular weight is 387 g/mol. The van der Waals surface area contributed by atoms with Crippen LogP contribution in [-0.2, 0) is 0 Å². The van der Waals surface area contributed by atoms with Crippen LogP contribution >= 0.6 is 0 Å². The van der Waals surface area contributed by atoms with E-state index in [9.17, 15) is 4.79 Å². The minimum Gasteiger partial charge on any atom is -0.497 e. The van der Waals surface area contributed by atoms with Crippen LogP contribution in [0.4, 0.5) is 5.69 Å². The first kappa shape index (κ1) is 18.6. The number of carbonyl (C=O) groups excluding carboxylic acids is 1. The van der Waals surface area contributed by atoms with E-state index in [1.165, 1.54) is 0 Å². The van der Waals surface area contributed by atoms with Crippen LogP contribution in [0, 0.1) is 6.92 Å². The number of ketones is 1. The molecule has 0 spiro atoms. The molecule has 0 bridgehead atoms. The van der Waals surface area contributed by atoms with Gasteiger partial charge in [-0.25, -0.2) is 0 Å². The maximum absolute atomic E-state index is 13.6. The highest BCUT2D eigenvalue weighted by atomic mass is 16.5. The molecule has 6 nitrogen and oxygen atoms in total. The van der Waals surface area contributed by atoms with Gasteiger partial charge in [0.25, 0.3) is 0 Å². The summed E-state index contributed by atoms with van der Waals surface area (Å²) in [4.78, 5) is 13.6. The zero-order valence-corrected chi connectivity index (χ0v) is 16.2. The van der Waals surface area contributed by atoms with Gasteiger partial charge in [0.2, 0.25) is 0 Å². The Labute approximate surface area is 168 Å². The number of hydrogen-bond acceptors (Lipinski definition) is 5. The van der Waals surface area contributed by atoms with Crippen molar-refractivity contribution in [1.82, 2.24) is 10.2 Å². The number of anilines is 1. The predicted octanol–water partition coefficient (Wildman–Crippen LogP) is 5.02. The average Bonchev–Trinajstić information content (AvgIpc) is 3.44. The third-order valence-corrected chi connectivity index (χ3v) is 4.71. The van der Waals surface area contributed by atoms with Gasteiger partial charge in [-0.2, -0.15) is 5.10 Å². The largest absolute Gasteiger partial charge is 0.497 e. The summed E-state index contributed by atoms with van der Waals surface area (Å²) in [6, 6.07) is 18.3. The third-order valence-electron chi connectivity index (χ3n) is 4.71. The summed E-state index contributed by atoms with van der Waals surface area (Å²) in [5.74, 6) is 1.14. The van der Waals surface area contributed by atoms with Gasteiger partial charge in [0.15, 0.2) is 11.5 Å². The number of benzene rings is 2. The van der Waals surface area contributed by atoms with Gasteiger partial charge < -0.3 is 14.5 Å². The van der Waals surface area contributed by atoms with Crippen molar-refractivity contribution >= 4 is 11.5 Å². The zero-order chi connectivity index (χ0) is 20.2. The van der Waals surface area contributed by atoms with E-state index in [0.717, 1.165) is 16.8 Å². The summed E-state index contributed by atoms with van der Waals surface area (Å²) in [5.41, 5.74) is 3.72. The number of hydrogen-bond donors (Lipinski definition) is 2. The van der Waals surface area contributed by atoms with Gasteiger partial charge in [-0.3, -0.25) is 9.89 Å². The molecule has 1 unspecified atom stereocenters. The number of H-pyrrole nitrogens is 1. The first-order valence-corrected chi connectivity index (χ1v) is 9.24. The lowest BCUT2D eigenvalue weighted by molar-refractivity contribution is 0.0970. The number of ether oxygens (including phenoxy) is 1. The Hall–Kier alpha value is -3.80. The molecule has 0 amide bonds. The Morgan fingerprint density at radius 2 is 1.97 bits per heavy atom. The second-order valence-electron chi connectivity index (χ2n) is 6.71. The quantitative estimate of drug-likeness (QED) is 0.435. The molecular weight excluding hydrogens is 366 g/mol. The van der Waals surface area contributed by atoms with Crippen LogP contribution in [0.3, 0.4) is 0 Å². The van der Waals surface area contributed by atoms with E-state index in [0.29, 0.717) is 22.8 Å². The number of aryl methyl sites for hydroxylation is 1. The number of nitrogens with zero attached hydrogens (tertiary/aromatic N) is 1. The van der Waals surface area contributed by atoms with E-state index >= 15 is 0 Å². The molecule has 1 atom stereocenters. The van der Waals surface area contributed by atoms with E-state index in [-0.39, 0.29) is 5.78 Å².